The van der Waals surface area contributed by atoms with Gasteiger partial charge in [-0.1, -0.05) is 0 Å². The number of halogens is 1. The number of rotatable bonds is 3. The summed E-state index contributed by atoms with van der Waals surface area (Å²) < 4.78 is 2.85. The molecule has 0 fully saturated rings. The van der Waals surface area contributed by atoms with Crippen LogP contribution < -0.4 is 5.32 Å². The number of thiophene rings is 1. The number of aromatic nitrogens is 3. The maximum atomic E-state index is 4.07. The minimum absolute atomic E-state index is 0.769. The Labute approximate surface area is 94.1 Å². The van der Waals surface area contributed by atoms with Gasteiger partial charge in [0.2, 0.25) is 5.95 Å². The molecule has 74 valence electrons. The van der Waals surface area contributed by atoms with Crippen molar-refractivity contribution in [3.05, 3.63) is 27.1 Å². The molecule has 0 aliphatic heterocycles. The van der Waals surface area contributed by atoms with Crippen molar-refractivity contribution in [3.63, 3.8) is 0 Å². The Bertz CT molecular complexity index is 382. The number of nitrogens with one attached hydrogen (secondary N) is 1. The van der Waals surface area contributed by atoms with E-state index >= 15 is 0 Å². The Morgan fingerprint density at radius 1 is 1.64 bits per heavy atom. The highest BCUT2D eigenvalue weighted by molar-refractivity contribution is 9.10. The van der Waals surface area contributed by atoms with Gasteiger partial charge in [-0.2, -0.15) is 10.1 Å². The lowest BCUT2D eigenvalue weighted by Gasteiger charge is -2.03. The third-order valence-corrected chi connectivity index (χ3v) is 3.74. The molecule has 2 aromatic rings. The molecule has 0 unspecified atom stereocenters. The monoisotopic (exact) mass is 272 g/mol. The van der Waals surface area contributed by atoms with Crippen molar-refractivity contribution in [1.82, 2.24) is 14.8 Å². The topological polar surface area (TPSA) is 42.7 Å². The van der Waals surface area contributed by atoms with Crippen LogP contribution in [0.5, 0.6) is 0 Å². The van der Waals surface area contributed by atoms with Gasteiger partial charge in [-0.05, 0) is 27.4 Å². The first-order valence-corrected chi connectivity index (χ1v) is 5.74. The zero-order valence-corrected chi connectivity index (χ0v) is 9.97. The quantitative estimate of drug-likeness (QED) is 0.932. The third-order valence-electron chi connectivity index (χ3n) is 1.81. The summed E-state index contributed by atoms with van der Waals surface area (Å²) in [5.74, 6) is 0.783. The van der Waals surface area contributed by atoms with Gasteiger partial charge < -0.3 is 5.32 Å². The van der Waals surface area contributed by atoms with Crippen LogP contribution in [0.3, 0.4) is 0 Å². The molecule has 1 N–H and O–H groups in total. The summed E-state index contributed by atoms with van der Waals surface area (Å²) in [5.41, 5.74) is 0. The molecule has 0 saturated heterocycles. The van der Waals surface area contributed by atoms with Crippen LogP contribution in [-0.2, 0) is 13.6 Å². The van der Waals surface area contributed by atoms with Crippen LogP contribution in [0.15, 0.2) is 22.2 Å². The largest absolute Gasteiger partial charge is 0.350 e. The van der Waals surface area contributed by atoms with Gasteiger partial charge in [0.25, 0.3) is 0 Å². The zero-order chi connectivity index (χ0) is 9.97. The molecule has 0 amide bonds. The number of hydrogen-bond donors (Lipinski definition) is 1. The highest BCUT2D eigenvalue weighted by atomic mass is 79.9. The summed E-state index contributed by atoms with van der Waals surface area (Å²) in [6, 6.07) is 2.04. The lowest BCUT2D eigenvalue weighted by molar-refractivity contribution is 0.767. The lowest BCUT2D eigenvalue weighted by Crippen LogP contribution is -2.04. The first-order valence-electron chi connectivity index (χ1n) is 4.07. The van der Waals surface area contributed by atoms with Gasteiger partial charge in [0.05, 0.1) is 6.54 Å². The predicted octanol–water partition coefficient (Wildman–Crippen LogP) is 2.25. The molecule has 0 radical (unpaired) electrons. The van der Waals surface area contributed by atoms with Gasteiger partial charge in [0, 0.05) is 16.4 Å². The Balaban J connectivity index is 2.02. The van der Waals surface area contributed by atoms with Gasteiger partial charge in [-0.15, -0.1) is 11.3 Å². The maximum Gasteiger partial charge on any atom is 0.221 e. The van der Waals surface area contributed by atoms with E-state index in [2.05, 4.69) is 36.7 Å². The minimum atomic E-state index is 0.769. The summed E-state index contributed by atoms with van der Waals surface area (Å²) in [7, 11) is 1.86. The van der Waals surface area contributed by atoms with E-state index in [4.69, 9.17) is 0 Å². The van der Waals surface area contributed by atoms with Gasteiger partial charge in [-0.3, -0.25) is 0 Å². The van der Waals surface area contributed by atoms with E-state index in [1.807, 2.05) is 13.1 Å². The molecule has 0 atom stereocenters. The average molecular weight is 273 g/mol. The molecule has 0 bridgehead atoms. The number of aryl methyl sites for hydroxylation is 1. The summed E-state index contributed by atoms with van der Waals surface area (Å²) in [6.45, 7) is 0.769. The van der Waals surface area contributed by atoms with E-state index in [1.54, 1.807) is 16.0 Å². The van der Waals surface area contributed by atoms with Crippen molar-refractivity contribution < 1.29 is 0 Å². The van der Waals surface area contributed by atoms with Crippen LogP contribution in [0, 0.1) is 0 Å². The third kappa shape index (κ3) is 1.96. The summed E-state index contributed by atoms with van der Waals surface area (Å²) in [6.07, 6.45) is 1.53. The molecule has 0 saturated carbocycles. The second-order valence-corrected chi connectivity index (χ2v) is 4.61. The van der Waals surface area contributed by atoms with Crippen LogP contribution in [0.2, 0.25) is 0 Å². The SMILES string of the molecule is Cn1ncnc1NCc1sccc1Br. The normalized spacial score (nSPS) is 10.4. The predicted molar refractivity (Wildman–Crippen MR) is 60.3 cm³/mol. The minimum Gasteiger partial charge on any atom is -0.350 e. The van der Waals surface area contributed by atoms with E-state index in [9.17, 15) is 0 Å². The highest BCUT2D eigenvalue weighted by Gasteiger charge is 2.03. The summed E-state index contributed by atoms with van der Waals surface area (Å²) in [5, 5.41) is 9.23. The Morgan fingerprint density at radius 2 is 2.50 bits per heavy atom. The van der Waals surface area contributed by atoms with Gasteiger partial charge in [-0.25, -0.2) is 4.68 Å². The second kappa shape index (κ2) is 4.10. The number of hydrogen-bond acceptors (Lipinski definition) is 4. The molecule has 0 aliphatic carbocycles. The van der Waals surface area contributed by atoms with E-state index in [1.165, 1.54) is 11.2 Å². The van der Waals surface area contributed by atoms with Crippen LogP contribution in [0.1, 0.15) is 4.88 Å². The van der Waals surface area contributed by atoms with Crippen LogP contribution >= 0.6 is 27.3 Å². The molecule has 14 heavy (non-hydrogen) atoms. The maximum absolute atomic E-state index is 4.07. The fraction of sp³-hybridized carbons (Fsp3) is 0.250. The first-order chi connectivity index (χ1) is 6.77. The molecule has 0 spiro atoms. The molecule has 2 aromatic heterocycles. The molecule has 2 rings (SSSR count). The summed E-state index contributed by atoms with van der Waals surface area (Å²) in [4.78, 5) is 5.33. The number of anilines is 1. The average Bonchev–Trinajstić information content (AvgIpc) is 2.72. The lowest BCUT2D eigenvalue weighted by atomic mass is 10.5. The Hall–Kier alpha value is -0.880. The zero-order valence-electron chi connectivity index (χ0n) is 7.57. The Kier molecular flexibility index (Phi) is 2.83. The van der Waals surface area contributed by atoms with E-state index in [0.717, 1.165) is 17.0 Å². The van der Waals surface area contributed by atoms with Crippen LogP contribution in [0.25, 0.3) is 0 Å². The van der Waals surface area contributed by atoms with Crippen molar-refractivity contribution in [2.45, 2.75) is 6.54 Å². The molecule has 0 aliphatic rings. The standard InChI is InChI=1S/C8H9BrN4S/c1-13-8(11-5-12-13)10-4-7-6(9)2-3-14-7/h2-3,5H,4H2,1H3,(H,10,11,12). The highest BCUT2D eigenvalue weighted by Crippen LogP contribution is 2.23. The van der Waals surface area contributed by atoms with E-state index in [-0.39, 0.29) is 0 Å². The van der Waals surface area contributed by atoms with E-state index < -0.39 is 0 Å². The molecule has 4 nitrogen and oxygen atoms in total. The van der Waals surface area contributed by atoms with Gasteiger partial charge in [0.15, 0.2) is 0 Å². The van der Waals surface area contributed by atoms with Crippen molar-refractivity contribution in [2.24, 2.45) is 7.05 Å². The van der Waals surface area contributed by atoms with Crippen LogP contribution in [0.4, 0.5) is 5.95 Å². The van der Waals surface area contributed by atoms with Crippen molar-refractivity contribution in [3.8, 4) is 0 Å². The second-order valence-electron chi connectivity index (χ2n) is 2.75. The smallest absolute Gasteiger partial charge is 0.221 e. The molecule has 2 heterocycles. The van der Waals surface area contributed by atoms with Gasteiger partial charge >= 0.3 is 0 Å². The fourth-order valence-corrected chi connectivity index (χ4v) is 2.50. The van der Waals surface area contributed by atoms with E-state index in [0.29, 0.717) is 0 Å². The van der Waals surface area contributed by atoms with Crippen molar-refractivity contribution in [1.29, 1.82) is 0 Å². The molecule has 0 aromatic carbocycles. The molecular formula is C8H9BrN4S. The number of nitrogens with zero attached hydrogens (tertiary/aromatic N) is 3. The van der Waals surface area contributed by atoms with Gasteiger partial charge in [0.1, 0.15) is 6.33 Å². The fourth-order valence-electron chi connectivity index (χ4n) is 1.07. The van der Waals surface area contributed by atoms with Crippen molar-refractivity contribution >= 4 is 33.2 Å². The molecule has 6 heteroatoms. The first kappa shape index (κ1) is 9.67. The van der Waals surface area contributed by atoms with Crippen LogP contribution in [-0.4, -0.2) is 14.8 Å². The Morgan fingerprint density at radius 3 is 3.07 bits per heavy atom. The van der Waals surface area contributed by atoms with Crippen molar-refractivity contribution in [2.75, 3.05) is 5.32 Å². The molecular weight excluding hydrogens is 264 g/mol. The summed E-state index contributed by atoms with van der Waals surface area (Å²) >= 11 is 5.19.